The van der Waals surface area contributed by atoms with Gasteiger partial charge in [0.2, 0.25) is 0 Å². The molecule has 5 heteroatoms. The maximum Gasteiger partial charge on any atom is 0.123 e. The Morgan fingerprint density at radius 2 is 2.36 bits per heavy atom. The molecule has 1 rings (SSSR count). The number of hydrogen-bond acceptors (Lipinski definition) is 2. The van der Waals surface area contributed by atoms with Crippen molar-refractivity contribution in [3.63, 3.8) is 0 Å². The Bertz CT molecular complexity index is 374. The van der Waals surface area contributed by atoms with Crippen molar-refractivity contribution in [2.45, 2.75) is 13.0 Å². The molecule has 1 aromatic rings. The summed E-state index contributed by atoms with van der Waals surface area (Å²) >= 11 is 0. The lowest BCUT2D eigenvalue weighted by Crippen LogP contribution is -2.02. The largest absolute Gasteiger partial charge is 0.396 e. The van der Waals surface area contributed by atoms with E-state index < -0.39 is 11.9 Å². The Hall–Kier alpha value is -1.58. The van der Waals surface area contributed by atoms with Crippen LogP contribution in [0.5, 0.6) is 0 Å². The summed E-state index contributed by atoms with van der Waals surface area (Å²) in [7, 11) is 0. The zero-order valence-corrected chi connectivity index (χ0v) is 7.68. The highest BCUT2D eigenvalue weighted by Gasteiger charge is 2.11. The van der Waals surface area contributed by atoms with E-state index in [9.17, 15) is 4.39 Å². The van der Waals surface area contributed by atoms with Gasteiger partial charge in [-0.2, -0.15) is 0 Å². The van der Waals surface area contributed by atoms with E-state index in [1.807, 2.05) is 0 Å². The normalized spacial score (nSPS) is 11.9. The fraction of sp³-hybridized carbons (Fsp3) is 0.333. The van der Waals surface area contributed by atoms with Gasteiger partial charge in [0.25, 0.3) is 0 Å². The van der Waals surface area contributed by atoms with Crippen molar-refractivity contribution < 1.29 is 9.50 Å². The number of aliphatic hydroxyl groups excluding tert-OH is 1. The Morgan fingerprint density at radius 1 is 1.64 bits per heavy atom. The highest BCUT2D eigenvalue weighted by atomic mass is 19.1. The molecule has 0 heterocycles. The first kappa shape index (κ1) is 10.5. The maximum atomic E-state index is 12.9. The summed E-state index contributed by atoms with van der Waals surface area (Å²) in [5.74, 6) is -0.405. The maximum absolute atomic E-state index is 12.9. The van der Waals surface area contributed by atoms with Crippen LogP contribution in [0.1, 0.15) is 17.2 Å². The van der Waals surface area contributed by atoms with Crippen LogP contribution in [0.2, 0.25) is 0 Å². The molecule has 0 aliphatic heterocycles. The van der Waals surface area contributed by atoms with E-state index in [1.165, 1.54) is 12.1 Å². The number of nitrogens with zero attached hydrogens (tertiary/aromatic N) is 3. The Kier molecular flexibility index (Phi) is 3.45. The van der Waals surface area contributed by atoms with Crippen molar-refractivity contribution in [3.05, 3.63) is 45.6 Å². The number of aryl methyl sites for hydroxylation is 1. The molecule has 0 aliphatic rings. The average molecular weight is 195 g/mol. The van der Waals surface area contributed by atoms with E-state index in [-0.39, 0.29) is 6.61 Å². The Balaban J connectivity index is 3.14. The molecule has 1 unspecified atom stereocenters. The van der Waals surface area contributed by atoms with Crippen molar-refractivity contribution >= 4 is 0 Å². The second kappa shape index (κ2) is 4.60. The second-order valence-electron chi connectivity index (χ2n) is 2.90. The van der Waals surface area contributed by atoms with Gasteiger partial charge in [-0.25, -0.2) is 4.39 Å². The van der Waals surface area contributed by atoms with Crippen LogP contribution in [-0.4, -0.2) is 11.7 Å². The fourth-order valence-corrected chi connectivity index (χ4v) is 1.23. The monoisotopic (exact) mass is 195 g/mol. The average Bonchev–Trinajstić information content (AvgIpc) is 2.18. The van der Waals surface area contributed by atoms with Gasteiger partial charge < -0.3 is 5.11 Å². The summed E-state index contributed by atoms with van der Waals surface area (Å²) in [6.45, 7) is 1.44. The van der Waals surface area contributed by atoms with Gasteiger partial charge in [0.1, 0.15) is 5.82 Å². The summed E-state index contributed by atoms with van der Waals surface area (Å²) in [6, 6.07) is 3.46. The number of rotatable bonds is 3. The molecule has 0 spiro atoms. The minimum absolute atomic E-state index is 0.325. The van der Waals surface area contributed by atoms with E-state index in [2.05, 4.69) is 10.0 Å². The summed E-state index contributed by atoms with van der Waals surface area (Å²) in [6.07, 6.45) is 0. The first-order chi connectivity index (χ1) is 6.69. The van der Waals surface area contributed by atoms with Gasteiger partial charge in [0, 0.05) is 4.91 Å². The highest BCUT2D eigenvalue weighted by molar-refractivity contribution is 5.29. The van der Waals surface area contributed by atoms with Crippen LogP contribution in [0.4, 0.5) is 4.39 Å². The molecule has 0 radical (unpaired) electrons. The number of azide groups is 1. The molecule has 74 valence electrons. The summed E-state index contributed by atoms with van der Waals surface area (Å²) in [4.78, 5) is 2.60. The Labute approximate surface area is 80.6 Å². The first-order valence-corrected chi connectivity index (χ1v) is 4.10. The molecule has 1 aromatic carbocycles. The SMILES string of the molecule is Cc1ccc(F)cc1C(CO)N=[N+]=[N-]. The molecule has 0 saturated heterocycles. The van der Waals surface area contributed by atoms with E-state index in [0.717, 1.165) is 5.56 Å². The van der Waals surface area contributed by atoms with E-state index in [4.69, 9.17) is 10.6 Å². The zero-order chi connectivity index (χ0) is 10.6. The van der Waals surface area contributed by atoms with E-state index in [0.29, 0.717) is 5.56 Å². The lowest BCUT2D eigenvalue weighted by molar-refractivity contribution is 0.267. The van der Waals surface area contributed by atoms with Crippen LogP contribution in [0.25, 0.3) is 10.4 Å². The number of hydrogen-bond donors (Lipinski definition) is 1. The van der Waals surface area contributed by atoms with Crippen LogP contribution in [-0.2, 0) is 0 Å². The number of aliphatic hydroxyl groups is 1. The number of benzene rings is 1. The molecular weight excluding hydrogens is 185 g/mol. The van der Waals surface area contributed by atoms with Crippen LogP contribution >= 0.6 is 0 Å². The summed E-state index contributed by atoms with van der Waals surface area (Å²) in [5, 5.41) is 12.3. The van der Waals surface area contributed by atoms with Gasteiger partial charge in [-0.3, -0.25) is 0 Å². The highest BCUT2D eigenvalue weighted by Crippen LogP contribution is 2.21. The van der Waals surface area contributed by atoms with Gasteiger partial charge in [0.15, 0.2) is 0 Å². The predicted octanol–water partition coefficient (Wildman–Crippen LogP) is 2.48. The zero-order valence-electron chi connectivity index (χ0n) is 7.68. The van der Waals surface area contributed by atoms with Crippen molar-refractivity contribution in [2.24, 2.45) is 5.11 Å². The molecule has 0 saturated carbocycles. The van der Waals surface area contributed by atoms with Crippen molar-refractivity contribution in [1.82, 2.24) is 0 Å². The second-order valence-corrected chi connectivity index (χ2v) is 2.90. The first-order valence-electron chi connectivity index (χ1n) is 4.10. The topological polar surface area (TPSA) is 69.0 Å². The minimum atomic E-state index is -0.712. The van der Waals surface area contributed by atoms with Crippen LogP contribution in [0, 0.1) is 12.7 Å². The summed E-state index contributed by atoms with van der Waals surface area (Å²) in [5.41, 5.74) is 9.55. The Morgan fingerprint density at radius 3 is 2.93 bits per heavy atom. The van der Waals surface area contributed by atoms with Gasteiger partial charge in [-0.15, -0.1) is 0 Å². The molecular formula is C9H10FN3O. The van der Waals surface area contributed by atoms with Crippen molar-refractivity contribution in [3.8, 4) is 0 Å². The molecule has 0 amide bonds. The van der Waals surface area contributed by atoms with Gasteiger partial charge in [-0.05, 0) is 35.7 Å². The molecule has 0 aromatic heterocycles. The van der Waals surface area contributed by atoms with Gasteiger partial charge in [-0.1, -0.05) is 11.2 Å². The smallest absolute Gasteiger partial charge is 0.123 e. The fourth-order valence-electron chi connectivity index (χ4n) is 1.23. The third kappa shape index (κ3) is 2.22. The summed E-state index contributed by atoms with van der Waals surface area (Å²) < 4.78 is 12.9. The molecule has 14 heavy (non-hydrogen) atoms. The van der Waals surface area contributed by atoms with Gasteiger partial charge in [0.05, 0.1) is 12.6 Å². The molecule has 1 N–H and O–H groups in total. The third-order valence-corrected chi connectivity index (χ3v) is 1.96. The number of halogens is 1. The standard InChI is InChI=1S/C9H10FN3O/c1-6-2-3-7(10)4-8(6)9(5-14)12-13-11/h2-4,9,14H,5H2,1H3. The molecule has 1 atom stereocenters. The van der Waals surface area contributed by atoms with E-state index in [1.54, 1.807) is 13.0 Å². The third-order valence-electron chi connectivity index (χ3n) is 1.96. The minimum Gasteiger partial charge on any atom is -0.396 e. The van der Waals surface area contributed by atoms with Gasteiger partial charge >= 0.3 is 0 Å². The van der Waals surface area contributed by atoms with Crippen molar-refractivity contribution in [2.75, 3.05) is 6.61 Å². The molecule has 0 fully saturated rings. The predicted molar refractivity (Wildman–Crippen MR) is 50.1 cm³/mol. The van der Waals surface area contributed by atoms with Crippen LogP contribution < -0.4 is 0 Å². The lowest BCUT2D eigenvalue weighted by Gasteiger charge is -2.10. The van der Waals surface area contributed by atoms with Crippen molar-refractivity contribution in [1.29, 1.82) is 0 Å². The molecule has 0 bridgehead atoms. The van der Waals surface area contributed by atoms with Crippen LogP contribution in [0.3, 0.4) is 0 Å². The van der Waals surface area contributed by atoms with Crippen LogP contribution in [0.15, 0.2) is 23.3 Å². The molecule has 4 nitrogen and oxygen atoms in total. The quantitative estimate of drug-likeness (QED) is 0.449. The lowest BCUT2D eigenvalue weighted by atomic mass is 10.0. The van der Waals surface area contributed by atoms with E-state index >= 15 is 0 Å². The molecule has 0 aliphatic carbocycles.